The number of hydrogen-bond donors (Lipinski definition) is 1. The maximum Gasteiger partial charge on any atom is 0.320 e. The van der Waals surface area contributed by atoms with E-state index in [0.29, 0.717) is 32.5 Å². The molecule has 21 heavy (non-hydrogen) atoms. The Kier molecular flexibility index (Phi) is 4.88. The summed E-state index contributed by atoms with van der Waals surface area (Å²) in [5.74, 6) is -0.777. The average Bonchev–Trinajstić information content (AvgIpc) is 3.08. The number of aliphatic carboxylic acids is 1. The van der Waals surface area contributed by atoms with Gasteiger partial charge in [0.25, 0.3) is 0 Å². The van der Waals surface area contributed by atoms with E-state index in [-0.39, 0.29) is 6.03 Å². The first kappa shape index (κ1) is 15.8. The highest BCUT2D eigenvalue weighted by atomic mass is 32.1. The normalized spacial score (nSPS) is 21.5. The lowest BCUT2D eigenvalue weighted by molar-refractivity contribution is -0.148. The summed E-state index contributed by atoms with van der Waals surface area (Å²) in [6, 6.07) is 3.88. The minimum atomic E-state index is -0.777. The maximum atomic E-state index is 12.4. The van der Waals surface area contributed by atoms with Crippen LogP contribution in [0, 0.1) is 5.41 Å². The summed E-state index contributed by atoms with van der Waals surface area (Å²) in [5, 5.41) is 11.5. The first-order valence-corrected chi connectivity index (χ1v) is 8.12. The van der Waals surface area contributed by atoms with Gasteiger partial charge in [-0.3, -0.25) is 4.79 Å². The van der Waals surface area contributed by atoms with E-state index < -0.39 is 11.4 Å². The lowest BCUT2D eigenvalue weighted by Crippen LogP contribution is -2.42. The van der Waals surface area contributed by atoms with Crippen molar-refractivity contribution in [3.8, 4) is 0 Å². The second-order valence-electron chi connectivity index (χ2n) is 5.73. The van der Waals surface area contributed by atoms with Crippen LogP contribution in [0.5, 0.6) is 0 Å². The van der Waals surface area contributed by atoms with Gasteiger partial charge in [-0.25, -0.2) is 4.79 Å². The Morgan fingerprint density at radius 3 is 2.86 bits per heavy atom. The molecule has 1 atom stereocenters. The number of carbonyl (C=O) groups excluding carboxylic acids is 1. The lowest BCUT2D eigenvalue weighted by atomic mass is 9.83. The van der Waals surface area contributed by atoms with Crippen LogP contribution in [0.15, 0.2) is 17.5 Å². The third kappa shape index (κ3) is 3.37. The molecular formula is C15H22N2O3S. The van der Waals surface area contributed by atoms with Gasteiger partial charge in [0, 0.05) is 25.0 Å². The third-order valence-corrected chi connectivity index (χ3v) is 4.97. The van der Waals surface area contributed by atoms with Gasteiger partial charge < -0.3 is 14.9 Å². The zero-order valence-corrected chi connectivity index (χ0v) is 13.4. The Hall–Kier alpha value is -1.56. The Bertz CT molecular complexity index is 503. The number of thiophene rings is 1. The minimum absolute atomic E-state index is 0.0809. The zero-order chi connectivity index (χ0) is 15.5. The van der Waals surface area contributed by atoms with E-state index in [9.17, 15) is 14.7 Å². The highest BCUT2D eigenvalue weighted by Crippen LogP contribution is 2.36. The molecule has 1 saturated heterocycles. The topological polar surface area (TPSA) is 60.9 Å². The van der Waals surface area contributed by atoms with Gasteiger partial charge in [0.05, 0.1) is 12.0 Å². The fourth-order valence-electron chi connectivity index (χ4n) is 2.95. The summed E-state index contributed by atoms with van der Waals surface area (Å²) in [7, 11) is 1.77. The van der Waals surface area contributed by atoms with E-state index in [1.54, 1.807) is 28.2 Å². The molecule has 0 saturated carbocycles. The molecule has 1 aromatic rings. The molecule has 1 N–H and O–H groups in total. The number of carboxylic acid groups (broad SMARTS) is 1. The van der Waals surface area contributed by atoms with Crippen molar-refractivity contribution in [2.75, 3.05) is 20.1 Å². The van der Waals surface area contributed by atoms with E-state index in [1.807, 2.05) is 24.4 Å². The molecule has 2 amide bonds. The smallest absolute Gasteiger partial charge is 0.320 e. The summed E-state index contributed by atoms with van der Waals surface area (Å²) in [6.45, 7) is 3.41. The van der Waals surface area contributed by atoms with Gasteiger partial charge in [0.2, 0.25) is 0 Å². The first-order chi connectivity index (χ1) is 9.98. The fraction of sp³-hybridized carbons (Fsp3) is 0.600. The van der Waals surface area contributed by atoms with Crippen LogP contribution in [0.3, 0.4) is 0 Å². The van der Waals surface area contributed by atoms with E-state index in [0.717, 1.165) is 11.3 Å². The van der Waals surface area contributed by atoms with E-state index >= 15 is 0 Å². The summed E-state index contributed by atoms with van der Waals surface area (Å²) in [6.07, 6.45) is 1.99. The predicted molar refractivity (Wildman–Crippen MR) is 82.3 cm³/mol. The largest absolute Gasteiger partial charge is 0.481 e. The Morgan fingerprint density at radius 2 is 2.29 bits per heavy atom. The number of carboxylic acids is 1. The van der Waals surface area contributed by atoms with Crippen molar-refractivity contribution in [2.45, 2.75) is 32.7 Å². The number of hydrogen-bond acceptors (Lipinski definition) is 3. The number of carbonyl (C=O) groups is 2. The molecule has 1 unspecified atom stereocenters. The van der Waals surface area contributed by atoms with Crippen LogP contribution >= 0.6 is 11.3 Å². The summed E-state index contributed by atoms with van der Waals surface area (Å²) in [5.41, 5.74) is -0.756. The van der Waals surface area contributed by atoms with E-state index in [4.69, 9.17) is 0 Å². The van der Waals surface area contributed by atoms with Crippen molar-refractivity contribution >= 4 is 23.3 Å². The van der Waals surface area contributed by atoms with Crippen LogP contribution in [0.2, 0.25) is 0 Å². The van der Waals surface area contributed by atoms with Crippen LogP contribution in [0.25, 0.3) is 0 Å². The molecule has 0 radical (unpaired) electrons. The molecule has 2 heterocycles. The van der Waals surface area contributed by atoms with Gasteiger partial charge in [-0.15, -0.1) is 11.3 Å². The molecule has 5 nitrogen and oxygen atoms in total. The van der Waals surface area contributed by atoms with Crippen molar-refractivity contribution in [3.05, 3.63) is 22.4 Å². The van der Waals surface area contributed by atoms with Gasteiger partial charge in [0.1, 0.15) is 0 Å². The fourth-order valence-corrected chi connectivity index (χ4v) is 3.70. The summed E-state index contributed by atoms with van der Waals surface area (Å²) >= 11 is 1.62. The molecule has 1 aliphatic heterocycles. The van der Waals surface area contributed by atoms with Gasteiger partial charge in [-0.05, 0) is 24.3 Å². The molecule has 1 aliphatic rings. The van der Waals surface area contributed by atoms with Crippen molar-refractivity contribution in [1.29, 1.82) is 0 Å². The van der Waals surface area contributed by atoms with E-state index in [1.165, 1.54) is 0 Å². The van der Waals surface area contributed by atoms with Crippen molar-refractivity contribution in [2.24, 2.45) is 5.41 Å². The molecule has 6 heteroatoms. The van der Waals surface area contributed by atoms with Crippen molar-refractivity contribution in [1.82, 2.24) is 9.80 Å². The van der Waals surface area contributed by atoms with Crippen LogP contribution < -0.4 is 0 Å². The average molecular weight is 310 g/mol. The SMILES string of the molecule is CCCC1(C(=O)O)CCN(C(=O)N(C)Cc2cccs2)C1. The summed E-state index contributed by atoms with van der Waals surface area (Å²) in [4.78, 5) is 28.5. The second-order valence-corrected chi connectivity index (χ2v) is 6.76. The molecule has 0 spiro atoms. The molecule has 0 bridgehead atoms. The molecule has 1 aromatic heterocycles. The Balaban J connectivity index is 1.99. The van der Waals surface area contributed by atoms with Crippen molar-refractivity contribution < 1.29 is 14.7 Å². The zero-order valence-electron chi connectivity index (χ0n) is 12.5. The minimum Gasteiger partial charge on any atom is -0.481 e. The van der Waals surface area contributed by atoms with Crippen LogP contribution in [-0.4, -0.2) is 47.0 Å². The monoisotopic (exact) mass is 310 g/mol. The van der Waals surface area contributed by atoms with Crippen LogP contribution in [0.1, 0.15) is 31.1 Å². The summed E-state index contributed by atoms with van der Waals surface area (Å²) < 4.78 is 0. The van der Waals surface area contributed by atoms with Crippen molar-refractivity contribution in [3.63, 3.8) is 0 Å². The van der Waals surface area contributed by atoms with Gasteiger partial charge >= 0.3 is 12.0 Å². The van der Waals surface area contributed by atoms with Gasteiger partial charge in [0.15, 0.2) is 0 Å². The van der Waals surface area contributed by atoms with E-state index in [2.05, 4.69) is 0 Å². The third-order valence-electron chi connectivity index (χ3n) is 4.11. The standard InChI is InChI=1S/C15H22N2O3S/c1-3-6-15(13(18)19)7-8-17(11-15)14(20)16(2)10-12-5-4-9-21-12/h4-5,9H,3,6-8,10-11H2,1-2H3,(H,18,19). The highest BCUT2D eigenvalue weighted by molar-refractivity contribution is 7.09. The molecular weight excluding hydrogens is 288 g/mol. The molecule has 0 aromatic carbocycles. The quantitative estimate of drug-likeness (QED) is 0.909. The van der Waals surface area contributed by atoms with Crippen LogP contribution in [-0.2, 0) is 11.3 Å². The highest BCUT2D eigenvalue weighted by Gasteiger charge is 2.45. The first-order valence-electron chi connectivity index (χ1n) is 7.24. The number of urea groups is 1. The Morgan fingerprint density at radius 1 is 1.52 bits per heavy atom. The number of likely N-dealkylation sites (tertiary alicyclic amines) is 1. The predicted octanol–water partition coefficient (Wildman–Crippen LogP) is 2.88. The number of nitrogens with zero attached hydrogens (tertiary/aromatic N) is 2. The maximum absolute atomic E-state index is 12.4. The molecule has 2 rings (SSSR count). The molecule has 1 fully saturated rings. The lowest BCUT2D eigenvalue weighted by Gasteiger charge is -2.27. The molecule has 116 valence electrons. The van der Waals surface area contributed by atoms with Gasteiger partial charge in [-0.1, -0.05) is 19.4 Å². The number of amides is 2. The molecule has 0 aliphatic carbocycles. The van der Waals surface area contributed by atoms with Gasteiger partial charge in [-0.2, -0.15) is 0 Å². The van der Waals surface area contributed by atoms with Crippen LogP contribution in [0.4, 0.5) is 4.79 Å². The number of rotatable bonds is 5. The Labute approximate surface area is 129 Å². The second kappa shape index (κ2) is 6.47.